The van der Waals surface area contributed by atoms with E-state index >= 15 is 0 Å². The molecule has 0 bridgehead atoms. The zero-order chi connectivity index (χ0) is 19.9. The quantitative estimate of drug-likeness (QED) is 0.507. The molecule has 1 aromatic carbocycles. The van der Waals surface area contributed by atoms with Gasteiger partial charge in [-0.25, -0.2) is 14.6 Å². The normalized spacial score (nSPS) is 11.5. The fourth-order valence-electron chi connectivity index (χ4n) is 2.33. The summed E-state index contributed by atoms with van der Waals surface area (Å²) in [5.41, 5.74) is 5.41. The molecule has 0 saturated carbocycles. The number of hydrogen-bond donors (Lipinski definition) is 1. The zero-order valence-electron chi connectivity index (χ0n) is 14.9. The van der Waals surface area contributed by atoms with Crippen LogP contribution in [0.4, 0.5) is 9.59 Å². The van der Waals surface area contributed by atoms with Crippen LogP contribution in [0.3, 0.4) is 0 Å². The van der Waals surface area contributed by atoms with Gasteiger partial charge in [0.1, 0.15) is 24.4 Å². The molecule has 3 aromatic rings. The van der Waals surface area contributed by atoms with E-state index in [2.05, 4.69) is 15.2 Å². The van der Waals surface area contributed by atoms with E-state index in [1.165, 1.54) is 12.4 Å². The van der Waals surface area contributed by atoms with Gasteiger partial charge in [0.15, 0.2) is 5.82 Å². The molecule has 0 spiro atoms. The van der Waals surface area contributed by atoms with Gasteiger partial charge < -0.3 is 24.5 Å². The van der Waals surface area contributed by atoms with Gasteiger partial charge in [-0.05, 0) is 25.1 Å². The van der Waals surface area contributed by atoms with Crippen LogP contribution in [-0.2, 0) is 4.74 Å². The monoisotopic (exact) mass is 383 g/mol. The SMILES string of the molecule is C[C@H](COC(=O)Oc1ccccc1)n1cnnc1-c1cccc(OC(N)=O)n1. The van der Waals surface area contributed by atoms with Crippen LogP contribution in [0.2, 0.25) is 0 Å². The Bertz CT molecular complexity index is 960. The predicted molar refractivity (Wildman–Crippen MR) is 96.6 cm³/mol. The zero-order valence-corrected chi connectivity index (χ0v) is 14.9. The van der Waals surface area contributed by atoms with Crippen LogP contribution >= 0.6 is 0 Å². The average molecular weight is 383 g/mol. The summed E-state index contributed by atoms with van der Waals surface area (Å²) in [5, 5.41) is 7.90. The molecule has 28 heavy (non-hydrogen) atoms. The molecule has 0 fully saturated rings. The van der Waals surface area contributed by atoms with Crippen LogP contribution in [0.5, 0.6) is 11.6 Å². The first-order chi connectivity index (χ1) is 13.5. The lowest BCUT2D eigenvalue weighted by atomic mass is 10.3. The Morgan fingerprint density at radius 3 is 2.64 bits per heavy atom. The van der Waals surface area contributed by atoms with Gasteiger partial charge in [-0.1, -0.05) is 24.3 Å². The number of amides is 1. The first-order valence-corrected chi connectivity index (χ1v) is 8.27. The van der Waals surface area contributed by atoms with Crippen LogP contribution in [-0.4, -0.2) is 38.6 Å². The summed E-state index contributed by atoms with van der Waals surface area (Å²) in [6.45, 7) is 1.83. The van der Waals surface area contributed by atoms with E-state index in [0.717, 1.165) is 0 Å². The number of nitrogens with zero attached hydrogens (tertiary/aromatic N) is 4. The van der Waals surface area contributed by atoms with Crippen LogP contribution in [0.25, 0.3) is 11.5 Å². The van der Waals surface area contributed by atoms with Crippen molar-refractivity contribution in [2.45, 2.75) is 13.0 Å². The molecule has 10 nitrogen and oxygen atoms in total. The fourth-order valence-corrected chi connectivity index (χ4v) is 2.33. The molecule has 0 saturated heterocycles. The number of benzene rings is 1. The van der Waals surface area contributed by atoms with E-state index in [9.17, 15) is 9.59 Å². The van der Waals surface area contributed by atoms with Crippen LogP contribution in [0.15, 0.2) is 54.9 Å². The van der Waals surface area contributed by atoms with Crippen molar-refractivity contribution in [3.05, 3.63) is 54.9 Å². The summed E-state index contributed by atoms with van der Waals surface area (Å²) < 4.78 is 16.7. The largest absolute Gasteiger partial charge is 0.513 e. The first-order valence-electron chi connectivity index (χ1n) is 8.27. The lowest BCUT2D eigenvalue weighted by Gasteiger charge is -2.15. The van der Waals surface area contributed by atoms with E-state index in [1.54, 1.807) is 41.0 Å². The molecular formula is C18H17N5O5. The standard InChI is InChI=1S/C18H17N5O5/c1-12(10-26-18(25)27-13-6-3-2-4-7-13)23-11-20-22-16(23)14-8-5-9-15(21-14)28-17(19)24/h2-9,11-12H,10H2,1H3,(H2,19,24)/t12-/m1/s1. The highest BCUT2D eigenvalue weighted by molar-refractivity contribution is 5.67. The molecule has 1 atom stereocenters. The topological polar surface area (TPSA) is 131 Å². The Labute approximate surface area is 159 Å². The van der Waals surface area contributed by atoms with Gasteiger partial charge in [-0.3, -0.25) is 0 Å². The highest BCUT2D eigenvalue weighted by Gasteiger charge is 2.17. The van der Waals surface area contributed by atoms with Crippen molar-refractivity contribution in [3.8, 4) is 23.1 Å². The highest BCUT2D eigenvalue weighted by atomic mass is 16.7. The van der Waals surface area contributed by atoms with E-state index in [0.29, 0.717) is 17.3 Å². The molecule has 0 radical (unpaired) electrons. The number of carbonyl (C=O) groups excluding carboxylic acids is 2. The third-order valence-electron chi connectivity index (χ3n) is 3.59. The summed E-state index contributed by atoms with van der Waals surface area (Å²) in [5.74, 6) is 0.831. The first kappa shape index (κ1) is 18.8. The highest BCUT2D eigenvalue weighted by Crippen LogP contribution is 2.21. The number of primary amides is 1. The van der Waals surface area contributed by atoms with Crippen molar-refractivity contribution >= 4 is 12.2 Å². The van der Waals surface area contributed by atoms with Crippen LogP contribution in [0, 0.1) is 0 Å². The maximum Gasteiger partial charge on any atom is 0.513 e. The molecule has 1 amide bonds. The molecule has 3 rings (SSSR count). The molecular weight excluding hydrogens is 366 g/mol. The van der Waals surface area contributed by atoms with Gasteiger partial charge >= 0.3 is 12.2 Å². The van der Waals surface area contributed by atoms with Gasteiger partial charge in [-0.2, -0.15) is 0 Å². The van der Waals surface area contributed by atoms with Crippen molar-refractivity contribution in [1.29, 1.82) is 0 Å². The van der Waals surface area contributed by atoms with E-state index in [-0.39, 0.29) is 18.5 Å². The second-order valence-electron chi connectivity index (χ2n) is 5.67. The lowest BCUT2D eigenvalue weighted by molar-refractivity contribution is 0.0877. The summed E-state index contributed by atoms with van der Waals surface area (Å²) in [6.07, 6.45) is -0.303. The van der Waals surface area contributed by atoms with E-state index in [4.69, 9.17) is 19.9 Å². The lowest BCUT2D eigenvalue weighted by Crippen LogP contribution is -2.19. The summed E-state index contributed by atoms with van der Waals surface area (Å²) in [6, 6.07) is 13.1. The third kappa shape index (κ3) is 4.81. The molecule has 2 N–H and O–H groups in total. The Morgan fingerprint density at radius 1 is 1.11 bits per heavy atom. The Balaban J connectivity index is 1.66. The van der Waals surface area contributed by atoms with Gasteiger partial charge in [0.25, 0.3) is 0 Å². The second kappa shape index (κ2) is 8.62. The molecule has 0 unspecified atom stereocenters. The number of pyridine rings is 1. The van der Waals surface area contributed by atoms with Gasteiger partial charge in [0.05, 0.1) is 6.04 Å². The van der Waals surface area contributed by atoms with E-state index in [1.807, 2.05) is 13.0 Å². The summed E-state index contributed by atoms with van der Waals surface area (Å²) in [7, 11) is 0. The van der Waals surface area contributed by atoms with Crippen molar-refractivity contribution in [3.63, 3.8) is 0 Å². The Hall–Kier alpha value is -3.95. The van der Waals surface area contributed by atoms with E-state index < -0.39 is 12.2 Å². The summed E-state index contributed by atoms with van der Waals surface area (Å²) >= 11 is 0. The molecule has 0 aliphatic heterocycles. The number of ether oxygens (including phenoxy) is 3. The minimum Gasteiger partial charge on any atom is -0.432 e. The van der Waals surface area contributed by atoms with Crippen molar-refractivity contribution in [2.24, 2.45) is 5.73 Å². The maximum absolute atomic E-state index is 11.8. The fraction of sp³-hybridized carbons (Fsp3) is 0.167. The van der Waals surface area contributed by atoms with Gasteiger partial charge in [0, 0.05) is 6.07 Å². The predicted octanol–water partition coefficient (Wildman–Crippen LogP) is 2.57. The van der Waals surface area contributed by atoms with Crippen LogP contribution in [0.1, 0.15) is 13.0 Å². The minimum absolute atomic E-state index is 0.0220. The molecule has 10 heteroatoms. The maximum atomic E-state index is 11.8. The van der Waals surface area contributed by atoms with Crippen LogP contribution < -0.4 is 15.2 Å². The Morgan fingerprint density at radius 2 is 1.89 bits per heavy atom. The number of hydrogen-bond acceptors (Lipinski definition) is 8. The second-order valence-corrected chi connectivity index (χ2v) is 5.67. The number of aromatic nitrogens is 4. The molecule has 0 aliphatic carbocycles. The van der Waals surface area contributed by atoms with Gasteiger partial charge in [0.2, 0.25) is 5.88 Å². The average Bonchev–Trinajstić information content (AvgIpc) is 3.16. The molecule has 2 heterocycles. The van der Waals surface area contributed by atoms with Gasteiger partial charge in [-0.15, -0.1) is 10.2 Å². The number of carbonyl (C=O) groups is 2. The van der Waals surface area contributed by atoms with Crippen molar-refractivity contribution in [2.75, 3.05) is 6.61 Å². The summed E-state index contributed by atoms with van der Waals surface area (Å²) in [4.78, 5) is 26.9. The van der Waals surface area contributed by atoms with Crippen molar-refractivity contribution in [1.82, 2.24) is 19.7 Å². The Kier molecular flexibility index (Phi) is 5.80. The molecule has 144 valence electrons. The number of nitrogens with two attached hydrogens (primary N) is 1. The smallest absolute Gasteiger partial charge is 0.432 e. The van der Waals surface area contributed by atoms with Crippen molar-refractivity contribution < 1.29 is 23.8 Å². The molecule has 2 aromatic heterocycles. The third-order valence-corrected chi connectivity index (χ3v) is 3.59. The molecule has 0 aliphatic rings. The minimum atomic E-state index is -0.968. The number of para-hydroxylation sites is 1. The number of rotatable bonds is 6.